The van der Waals surface area contributed by atoms with E-state index in [1.807, 2.05) is 0 Å². The van der Waals surface area contributed by atoms with Gasteiger partial charge in [0, 0.05) is 30.7 Å². The minimum atomic E-state index is -2.49. The van der Waals surface area contributed by atoms with E-state index in [-0.39, 0.29) is 48.1 Å². The second-order valence-electron chi connectivity index (χ2n) is 21.0. The summed E-state index contributed by atoms with van der Waals surface area (Å²) in [7, 11) is 0. The highest BCUT2D eigenvalue weighted by molar-refractivity contribution is 5.97. The Bertz CT molecular complexity index is 3060. The van der Waals surface area contributed by atoms with Crippen LogP contribution in [0, 0.1) is 16.7 Å². The van der Waals surface area contributed by atoms with E-state index in [1.54, 1.807) is 160 Å². The van der Waals surface area contributed by atoms with E-state index in [0.29, 0.717) is 16.7 Å². The van der Waals surface area contributed by atoms with Gasteiger partial charge in [-0.25, -0.2) is 9.59 Å². The molecule has 4 aliphatic rings. The number of carbonyl (C=O) groups is 7. The van der Waals surface area contributed by atoms with Crippen LogP contribution in [0.5, 0.6) is 0 Å². The topological polar surface area (TPSA) is 227 Å². The number of ketones is 1. The number of nitrogens with one attached hydrogen (secondary N) is 1. The summed E-state index contributed by atoms with van der Waals surface area (Å²) in [6.45, 7) is 6.92. The maximum Gasteiger partial charge on any atom is 0.350 e. The number of hydrogen-bond donors (Lipinski definition) is 3. The van der Waals surface area contributed by atoms with Gasteiger partial charge in [0.25, 0.3) is 5.91 Å². The molecular weight excluding hydrogens is 987 g/mol. The Morgan fingerprint density at radius 3 is 1.79 bits per heavy atom. The van der Waals surface area contributed by atoms with Gasteiger partial charge in [0.15, 0.2) is 17.5 Å². The number of ether oxygens (including phenoxy) is 6. The van der Waals surface area contributed by atoms with Crippen molar-refractivity contribution in [1.29, 1.82) is 0 Å². The third-order valence-corrected chi connectivity index (χ3v) is 16.1. The molecule has 3 aliphatic carbocycles. The van der Waals surface area contributed by atoms with Crippen LogP contribution in [0.3, 0.4) is 0 Å². The summed E-state index contributed by atoms with van der Waals surface area (Å²) in [6, 6.07) is 40.3. The van der Waals surface area contributed by atoms with Crippen LogP contribution in [-0.2, 0) is 65.2 Å². The molecule has 11 atom stereocenters. The van der Waals surface area contributed by atoms with Crippen molar-refractivity contribution >= 4 is 41.5 Å². The first-order valence-corrected chi connectivity index (χ1v) is 25.6. The lowest BCUT2D eigenvalue weighted by atomic mass is 9.44. The van der Waals surface area contributed by atoms with Gasteiger partial charge < -0.3 is 44.0 Å². The second-order valence-corrected chi connectivity index (χ2v) is 21.0. The number of aliphatic hydroxyl groups excluding tert-OH is 1. The number of amides is 1. The summed E-state index contributed by atoms with van der Waals surface area (Å²) >= 11 is 0. The molecule has 3 fully saturated rings. The Morgan fingerprint density at radius 2 is 1.25 bits per heavy atom. The standard InChI is InChI=1S/C61H61NO15/c1-36-43(73-57(70)51(75-47(66)32-39-23-13-7-14-24-39)49(40-25-15-8-16-26-40)62-55(68)41-27-17-9-18-28-41)34-61(71)54(76-56(69)42-29-19-10-20-30-42)52-59(5,44(64)33-45-60(52,35-72-45)77-37(2)63)53(67)50(48(36)58(61,3)4)74-46(65)31-38-21-11-6-12-22-38/h6-30,43-45,49-52,54,64,71H,31-35H2,1-5H3,(H,62,68)/t43-,44-,45+,49-,50+,51+,52-,54-,59+,60-,61+/m0/s1. The maximum absolute atomic E-state index is 16.2. The normalized spacial score (nSPS) is 27.8. The summed E-state index contributed by atoms with van der Waals surface area (Å²) in [5.41, 5.74) is -6.39. The summed E-state index contributed by atoms with van der Waals surface area (Å²) in [5.74, 6) is -7.80. The second kappa shape index (κ2) is 21.7. The molecule has 3 N–H and O–H groups in total. The van der Waals surface area contributed by atoms with Crippen molar-refractivity contribution in [2.24, 2.45) is 16.7 Å². The molecule has 16 nitrogen and oxygen atoms in total. The fourth-order valence-electron chi connectivity index (χ4n) is 12.0. The van der Waals surface area contributed by atoms with E-state index < -0.39 is 119 Å². The van der Waals surface area contributed by atoms with Gasteiger partial charge in [-0.15, -0.1) is 0 Å². The van der Waals surface area contributed by atoms with Gasteiger partial charge in [0.2, 0.25) is 6.10 Å². The largest absolute Gasteiger partial charge is 0.455 e. The highest BCUT2D eigenvalue weighted by Gasteiger charge is 2.78. The lowest BCUT2D eigenvalue weighted by molar-refractivity contribution is -0.346. The van der Waals surface area contributed by atoms with Crippen molar-refractivity contribution in [3.05, 3.63) is 191 Å². The van der Waals surface area contributed by atoms with Crippen molar-refractivity contribution < 1.29 is 72.2 Å². The molecule has 5 aromatic carbocycles. The van der Waals surface area contributed by atoms with Crippen LogP contribution in [-0.4, -0.2) is 106 Å². The van der Waals surface area contributed by atoms with Gasteiger partial charge in [-0.05, 0) is 65.9 Å². The average Bonchev–Trinajstić information content (AvgIpc) is 3.31. The first kappa shape index (κ1) is 54.0. The third kappa shape index (κ3) is 10.2. The zero-order chi connectivity index (χ0) is 54.9. The molecule has 1 heterocycles. The van der Waals surface area contributed by atoms with Crippen molar-refractivity contribution in [3.63, 3.8) is 0 Å². The molecule has 1 amide bonds. The quantitative estimate of drug-likeness (QED) is 0.0560. The SMILES string of the molecule is CC(=O)O[C@@]12CO[C@@H]1C[C@H](O)[C@@]1(C)C(=O)[C@H](OC(=O)Cc3ccccc3)C3=C(C)[C@@H](OC(=O)[C@H](OC(=O)Cc4ccccc4)[C@@H](NC(=O)c4ccccc4)c4ccccc4)C[C@@](O)([C@@H](OC(=O)c4ccccc4)[C@H]21)C3(C)C. The van der Waals surface area contributed by atoms with Gasteiger partial charge in [0.1, 0.15) is 30.0 Å². The molecule has 400 valence electrons. The summed E-state index contributed by atoms with van der Waals surface area (Å²) in [5, 5.41) is 29.5. The number of hydrogen-bond acceptors (Lipinski definition) is 15. The van der Waals surface area contributed by atoms with Crippen LogP contribution in [0.2, 0.25) is 0 Å². The van der Waals surface area contributed by atoms with Gasteiger partial charge in [-0.1, -0.05) is 141 Å². The molecular formula is C61H61NO15. The fraction of sp³-hybridized carbons (Fsp3) is 0.361. The summed E-state index contributed by atoms with van der Waals surface area (Å²) < 4.78 is 37.7. The van der Waals surface area contributed by atoms with Crippen LogP contribution in [0.1, 0.15) is 90.9 Å². The minimum Gasteiger partial charge on any atom is -0.455 e. The highest BCUT2D eigenvalue weighted by Crippen LogP contribution is 2.64. The average molecular weight is 1050 g/mol. The molecule has 2 bridgehead atoms. The van der Waals surface area contributed by atoms with Crippen LogP contribution >= 0.6 is 0 Å². The zero-order valence-corrected chi connectivity index (χ0v) is 43.3. The van der Waals surface area contributed by atoms with E-state index in [2.05, 4.69) is 5.32 Å². The lowest BCUT2D eigenvalue weighted by Crippen LogP contribution is -2.82. The fourth-order valence-corrected chi connectivity index (χ4v) is 12.0. The number of benzene rings is 5. The van der Waals surface area contributed by atoms with Gasteiger partial charge >= 0.3 is 29.8 Å². The van der Waals surface area contributed by atoms with Crippen molar-refractivity contribution in [2.45, 2.75) is 114 Å². The summed E-state index contributed by atoms with van der Waals surface area (Å²) in [4.78, 5) is 102. The van der Waals surface area contributed by atoms with Crippen LogP contribution in [0.15, 0.2) is 163 Å². The molecule has 0 unspecified atom stereocenters. The minimum absolute atomic E-state index is 0.0359. The van der Waals surface area contributed by atoms with E-state index in [4.69, 9.17) is 28.4 Å². The third-order valence-electron chi connectivity index (χ3n) is 16.1. The summed E-state index contributed by atoms with van der Waals surface area (Å²) in [6.07, 6.45) is -11.5. The monoisotopic (exact) mass is 1050 g/mol. The number of esters is 5. The first-order chi connectivity index (χ1) is 36.8. The zero-order valence-electron chi connectivity index (χ0n) is 43.3. The molecule has 5 aromatic rings. The molecule has 0 aromatic heterocycles. The van der Waals surface area contributed by atoms with E-state index in [9.17, 15) is 34.2 Å². The van der Waals surface area contributed by atoms with Crippen molar-refractivity contribution in [2.75, 3.05) is 6.61 Å². The Hall–Kier alpha value is -7.79. The Balaban J connectivity index is 1.22. The number of Topliss-reactive ketones (excluding diaryl/α,β-unsaturated/α-hetero) is 1. The smallest absolute Gasteiger partial charge is 0.350 e. The van der Waals surface area contributed by atoms with E-state index in [0.717, 1.165) is 6.92 Å². The lowest BCUT2D eigenvalue weighted by Gasteiger charge is -2.67. The number of rotatable bonds is 15. The Labute approximate surface area is 445 Å². The van der Waals surface area contributed by atoms with Gasteiger partial charge in [0.05, 0.1) is 42.4 Å². The van der Waals surface area contributed by atoms with Crippen LogP contribution in [0.4, 0.5) is 0 Å². The maximum atomic E-state index is 16.2. The van der Waals surface area contributed by atoms with E-state index in [1.165, 1.54) is 19.1 Å². The Kier molecular flexibility index (Phi) is 15.2. The van der Waals surface area contributed by atoms with Crippen molar-refractivity contribution in [1.82, 2.24) is 5.32 Å². The molecule has 77 heavy (non-hydrogen) atoms. The number of aliphatic hydroxyl groups is 2. The van der Waals surface area contributed by atoms with E-state index >= 15 is 9.59 Å². The number of carbonyl (C=O) groups excluding carboxylic acids is 7. The molecule has 16 heteroatoms. The van der Waals surface area contributed by atoms with Gasteiger partial charge in [-0.3, -0.25) is 24.0 Å². The van der Waals surface area contributed by atoms with Crippen LogP contribution < -0.4 is 5.32 Å². The predicted octanol–water partition coefficient (Wildman–Crippen LogP) is 6.75. The number of fused-ring (bicyclic) bond motifs is 5. The molecule has 0 spiro atoms. The molecule has 0 radical (unpaired) electrons. The molecule has 9 rings (SSSR count). The molecule has 2 saturated carbocycles. The Morgan fingerprint density at radius 1 is 0.714 bits per heavy atom. The predicted molar refractivity (Wildman–Crippen MR) is 276 cm³/mol. The molecule has 1 saturated heterocycles. The van der Waals surface area contributed by atoms with Crippen molar-refractivity contribution in [3.8, 4) is 0 Å². The van der Waals surface area contributed by atoms with Crippen LogP contribution in [0.25, 0.3) is 0 Å². The van der Waals surface area contributed by atoms with Gasteiger partial charge in [-0.2, -0.15) is 0 Å². The molecule has 1 aliphatic heterocycles. The highest BCUT2D eigenvalue weighted by atomic mass is 16.6. The first-order valence-electron chi connectivity index (χ1n) is 25.6.